The van der Waals surface area contributed by atoms with Crippen molar-refractivity contribution in [2.45, 2.75) is 45.1 Å². The summed E-state index contributed by atoms with van der Waals surface area (Å²) in [5, 5.41) is 7.34. The van der Waals surface area contributed by atoms with Crippen LogP contribution < -0.4 is 5.32 Å². The summed E-state index contributed by atoms with van der Waals surface area (Å²) in [4.78, 5) is 13.1. The highest BCUT2D eigenvalue weighted by atomic mass is 32.2. The molecule has 0 unspecified atom stereocenters. The van der Waals surface area contributed by atoms with E-state index in [-0.39, 0.29) is 11.8 Å². The number of nitrogens with zero attached hydrogens (tertiary/aromatic N) is 3. The molecular formula is C25H30N4O3S. The van der Waals surface area contributed by atoms with E-state index >= 15 is 0 Å². The third-order valence-electron chi connectivity index (χ3n) is 6.15. The van der Waals surface area contributed by atoms with Crippen LogP contribution in [0.25, 0.3) is 5.69 Å². The summed E-state index contributed by atoms with van der Waals surface area (Å²) < 4.78 is 29.8. The Morgan fingerprint density at radius 1 is 1.06 bits per heavy atom. The smallest absolute Gasteiger partial charge is 0.243 e. The molecule has 1 amide bonds. The van der Waals surface area contributed by atoms with Crippen LogP contribution in [0.4, 0.5) is 0 Å². The van der Waals surface area contributed by atoms with Crippen LogP contribution in [0.3, 0.4) is 0 Å². The standard InChI is InChI=1S/C25H30N4O3S/c1-18-13-19(2)24(20(3)14-18)33(31,32)28-11-9-22(10-12-28)25(30)26-15-21-16-27-29(17-21)23-7-5-4-6-8-23/h4-8,13-14,16-17,22H,9-12,15H2,1-3H3,(H,26,30). The van der Waals surface area contributed by atoms with Gasteiger partial charge in [-0.1, -0.05) is 35.9 Å². The third kappa shape index (κ3) is 5.02. The summed E-state index contributed by atoms with van der Waals surface area (Å²) in [5.41, 5.74) is 4.46. The maximum Gasteiger partial charge on any atom is 0.243 e. The van der Waals surface area contributed by atoms with Crippen molar-refractivity contribution in [2.24, 2.45) is 5.92 Å². The molecule has 1 saturated heterocycles. The molecule has 1 aromatic heterocycles. The Hall–Kier alpha value is -2.97. The SMILES string of the molecule is Cc1cc(C)c(S(=O)(=O)N2CCC(C(=O)NCc3cnn(-c4ccccc4)c3)CC2)c(C)c1. The zero-order valence-electron chi connectivity index (χ0n) is 19.3. The second kappa shape index (κ2) is 9.49. The third-order valence-corrected chi connectivity index (χ3v) is 8.36. The second-order valence-electron chi connectivity index (χ2n) is 8.75. The molecule has 7 nitrogen and oxygen atoms in total. The van der Waals surface area contributed by atoms with E-state index in [1.165, 1.54) is 4.31 Å². The quantitative estimate of drug-likeness (QED) is 0.603. The van der Waals surface area contributed by atoms with Crippen molar-refractivity contribution in [3.05, 3.63) is 77.1 Å². The van der Waals surface area contributed by atoms with Gasteiger partial charge in [0.25, 0.3) is 0 Å². The number of hydrogen-bond donors (Lipinski definition) is 1. The molecule has 1 fully saturated rings. The normalized spacial score (nSPS) is 15.5. The number of piperidine rings is 1. The van der Waals surface area contributed by atoms with Crippen molar-refractivity contribution in [2.75, 3.05) is 13.1 Å². The Morgan fingerprint density at radius 3 is 2.33 bits per heavy atom. The summed E-state index contributed by atoms with van der Waals surface area (Å²) in [6.45, 7) is 6.73. The summed E-state index contributed by atoms with van der Waals surface area (Å²) in [6.07, 6.45) is 4.67. The zero-order valence-corrected chi connectivity index (χ0v) is 20.1. The highest BCUT2D eigenvalue weighted by molar-refractivity contribution is 7.89. The van der Waals surface area contributed by atoms with Crippen molar-refractivity contribution in [1.82, 2.24) is 19.4 Å². The van der Waals surface area contributed by atoms with E-state index in [2.05, 4.69) is 10.4 Å². The molecule has 0 atom stereocenters. The van der Waals surface area contributed by atoms with Gasteiger partial charge in [0.2, 0.25) is 15.9 Å². The topological polar surface area (TPSA) is 84.3 Å². The summed E-state index contributed by atoms with van der Waals surface area (Å²) in [6, 6.07) is 13.6. The minimum absolute atomic E-state index is 0.0396. The van der Waals surface area contributed by atoms with Crippen LogP contribution in [0.15, 0.2) is 59.8 Å². The van der Waals surface area contributed by atoms with Crippen LogP contribution in [0.2, 0.25) is 0 Å². The second-order valence-corrected chi connectivity index (χ2v) is 10.6. The lowest BCUT2D eigenvalue weighted by molar-refractivity contribution is -0.126. The molecule has 174 valence electrons. The maximum absolute atomic E-state index is 13.3. The summed E-state index contributed by atoms with van der Waals surface area (Å²) in [7, 11) is -3.58. The number of benzene rings is 2. The fourth-order valence-corrected chi connectivity index (χ4v) is 6.45. The van der Waals surface area contributed by atoms with Crippen LogP contribution in [0.1, 0.15) is 35.1 Å². The molecule has 33 heavy (non-hydrogen) atoms. The lowest BCUT2D eigenvalue weighted by Crippen LogP contribution is -2.43. The molecule has 0 saturated carbocycles. The average Bonchev–Trinajstić information content (AvgIpc) is 3.26. The van der Waals surface area contributed by atoms with E-state index in [9.17, 15) is 13.2 Å². The highest BCUT2D eigenvalue weighted by Crippen LogP contribution is 2.29. The monoisotopic (exact) mass is 466 g/mol. The van der Waals surface area contributed by atoms with Gasteiger partial charge in [-0.25, -0.2) is 13.1 Å². The van der Waals surface area contributed by atoms with Gasteiger partial charge in [0.05, 0.1) is 16.8 Å². The molecule has 4 rings (SSSR count). The molecule has 0 radical (unpaired) electrons. The van der Waals surface area contributed by atoms with Gasteiger partial charge in [-0.2, -0.15) is 9.40 Å². The van der Waals surface area contributed by atoms with Gasteiger partial charge in [-0.05, 0) is 56.9 Å². The minimum Gasteiger partial charge on any atom is -0.352 e. The first kappa shape index (κ1) is 23.2. The number of para-hydroxylation sites is 1. The van der Waals surface area contributed by atoms with E-state index in [1.807, 2.05) is 69.4 Å². The van der Waals surface area contributed by atoms with E-state index in [1.54, 1.807) is 10.9 Å². The number of carbonyl (C=O) groups excluding carboxylic acids is 1. The van der Waals surface area contributed by atoms with Crippen LogP contribution in [-0.2, 0) is 21.4 Å². The first-order valence-electron chi connectivity index (χ1n) is 11.2. The highest BCUT2D eigenvalue weighted by Gasteiger charge is 2.33. The van der Waals surface area contributed by atoms with Gasteiger partial charge < -0.3 is 5.32 Å². The van der Waals surface area contributed by atoms with Crippen molar-refractivity contribution in [3.63, 3.8) is 0 Å². The Bertz CT molecular complexity index is 1220. The number of rotatable bonds is 6. The fraction of sp³-hybridized carbons (Fsp3) is 0.360. The Kier molecular flexibility index (Phi) is 6.67. The molecule has 0 bridgehead atoms. The molecular weight excluding hydrogens is 436 g/mol. The molecule has 2 aromatic carbocycles. The molecule has 0 aliphatic carbocycles. The van der Waals surface area contributed by atoms with Crippen molar-refractivity contribution >= 4 is 15.9 Å². The Balaban J connectivity index is 1.34. The molecule has 1 aliphatic heterocycles. The van der Waals surface area contributed by atoms with Gasteiger partial charge in [-0.3, -0.25) is 4.79 Å². The van der Waals surface area contributed by atoms with Gasteiger partial charge in [0.1, 0.15) is 0 Å². The lowest BCUT2D eigenvalue weighted by Gasteiger charge is -2.31. The molecule has 1 N–H and O–H groups in total. The van der Waals surface area contributed by atoms with Crippen LogP contribution >= 0.6 is 0 Å². The number of hydrogen-bond acceptors (Lipinski definition) is 4. The van der Waals surface area contributed by atoms with Crippen LogP contribution in [-0.4, -0.2) is 41.5 Å². The maximum atomic E-state index is 13.3. The van der Waals surface area contributed by atoms with E-state index in [0.29, 0.717) is 37.4 Å². The Labute approximate surface area is 195 Å². The summed E-state index contributed by atoms with van der Waals surface area (Å²) in [5.74, 6) is -0.233. The van der Waals surface area contributed by atoms with Gasteiger partial charge in [0, 0.05) is 37.3 Å². The predicted molar refractivity (Wildman–Crippen MR) is 128 cm³/mol. The van der Waals surface area contributed by atoms with Gasteiger partial charge in [-0.15, -0.1) is 0 Å². The van der Waals surface area contributed by atoms with Gasteiger partial charge >= 0.3 is 0 Å². The number of sulfonamides is 1. The first-order chi connectivity index (χ1) is 15.8. The summed E-state index contributed by atoms with van der Waals surface area (Å²) >= 11 is 0. The number of amides is 1. The zero-order chi connectivity index (χ0) is 23.6. The van der Waals surface area contributed by atoms with E-state index < -0.39 is 10.0 Å². The number of aromatic nitrogens is 2. The van der Waals surface area contributed by atoms with Gasteiger partial charge in [0.15, 0.2) is 0 Å². The molecule has 8 heteroatoms. The number of nitrogens with one attached hydrogen (secondary N) is 1. The predicted octanol–water partition coefficient (Wildman–Crippen LogP) is 3.51. The average molecular weight is 467 g/mol. The van der Waals surface area contributed by atoms with Crippen LogP contribution in [0.5, 0.6) is 0 Å². The van der Waals surface area contributed by atoms with Crippen LogP contribution in [0, 0.1) is 26.7 Å². The van der Waals surface area contributed by atoms with Crippen molar-refractivity contribution < 1.29 is 13.2 Å². The molecule has 2 heterocycles. The molecule has 1 aliphatic rings. The molecule has 0 spiro atoms. The molecule has 3 aromatic rings. The first-order valence-corrected chi connectivity index (χ1v) is 12.6. The Morgan fingerprint density at radius 2 is 1.70 bits per heavy atom. The number of carbonyl (C=O) groups is 1. The van der Waals surface area contributed by atoms with Crippen molar-refractivity contribution in [1.29, 1.82) is 0 Å². The number of aryl methyl sites for hydroxylation is 3. The minimum atomic E-state index is -3.58. The van der Waals surface area contributed by atoms with E-state index in [4.69, 9.17) is 0 Å². The van der Waals surface area contributed by atoms with Crippen molar-refractivity contribution in [3.8, 4) is 5.69 Å². The fourth-order valence-electron chi connectivity index (χ4n) is 4.57. The largest absolute Gasteiger partial charge is 0.352 e. The van der Waals surface area contributed by atoms with E-state index in [0.717, 1.165) is 27.9 Å². The lowest BCUT2D eigenvalue weighted by atomic mass is 9.97.